The predicted octanol–water partition coefficient (Wildman–Crippen LogP) is 2.22. The summed E-state index contributed by atoms with van der Waals surface area (Å²) in [5.41, 5.74) is 0.867. The van der Waals surface area contributed by atoms with Gasteiger partial charge in [0.15, 0.2) is 0 Å². The number of nitrogens with one attached hydrogen (secondary N) is 1. The number of hydrogen-bond acceptors (Lipinski definition) is 3. The van der Waals surface area contributed by atoms with Gasteiger partial charge in [-0.2, -0.15) is 0 Å². The Labute approximate surface area is 112 Å². The lowest BCUT2D eigenvalue weighted by molar-refractivity contribution is -0.144. The molecule has 0 aromatic heterocycles. The molecule has 2 atom stereocenters. The highest BCUT2D eigenvalue weighted by Crippen LogP contribution is 2.29. The Bertz CT molecular complexity index is 433. The summed E-state index contributed by atoms with van der Waals surface area (Å²) in [4.78, 5) is 10.7. The molecule has 1 fully saturated rings. The van der Waals surface area contributed by atoms with Gasteiger partial charge in [0.05, 0.1) is 12.7 Å². The van der Waals surface area contributed by atoms with E-state index in [-0.39, 0.29) is 12.7 Å². The minimum Gasteiger partial charge on any atom is -0.480 e. The van der Waals surface area contributed by atoms with Crippen molar-refractivity contribution in [3.63, 3.8) is 0 Å². The van der Waals surface area contributed by atoms with Gasteiger partial charge >= 0.3 is 5.97 Å². The average molecular weight is 321 g/mol. The van der Waals surface area contributed by atoms with Gasteiger partial charge in [-0.05, 0) is 12.1 Å². The zero-order valence-electron chi connectivity index (χ0n) is 8.82. The Morgan fingerprint density at radius 3 is 2.88 bits per heavy atom. The molecule has 0 amide bonds. The number of carbonyl (C=O) groups is 1. The maximum atomic E-state index is 10.7. The van der Waals surface area contributed by atoms with Gasteiger partial charge in [0, 0.05) is 21.6 Å². The Hall–Kier alpha value is -0.620. The molecule has 2 unspecified atom stereocenters. The molecule has 4 nitrogen and oxygen atoms in total. The Morgan fingerprint density at radius 1 is 1.59 bits per heavy atom. The van der Waals surface area contributed by atoms with Crippen LogP contribution in [0, 0.1) is 0 Å². The fourth-order valence-corrected chi connectivity index (χ4v) is 2.50. The van der Waals surface area contributed by atoms with Crippen molar-refractivity contribution >= 4 is 33.5 Å². The number of benzene rings is 1. The second-order valence-electron chi connectivity index (χ2n) is 3.79. The number of halogens is 2. The molecule has 1 heterocycles. The Balaban J connectivity index is 2.08. The van der Waals surface area contributed by atoms with Crippen LogP contribution in [0.5, 0.6) is 0 Å². The van der Waals surface area contributed by atoms with Crippen molar-refractivity contribution in [2.24, 2.45) is 0 Å². The van der Waals surface area contributed by atoms with Gasteiger partial charge in [0.2, 0.25) is 0 Å². The molecule has 0 bridgehead atoms. The van der Waals surface area contributed by atoms with Crippen molar-refractivity contribution in [3.8, 4) is 0 Å². The van der Waals surface area contributed by atoms with Crippen LogP contribution >= 0.6 is 27.5 Å². The van der Waals surface area contributed by atoms with Crippen LogP contribution < -0.4 is 5.32 Å². The van der Waals surface area contributed by atoms with Gasteiger partial charge in [-0.3, -0.25) is 10.1 Å². The lowest BCUT2D eigenvalue weighted by atomic mass is 10.1. The third kappa shape index (κ3) is 2.98. The summed E-state index contributed by atoms with van der Waals surface area (Å²) < 4.78 is 6.42. The zero-order chi connectivity index (χ0) is 12.4. The smallest absolute Gasteiger partial charge is 0.323 e. The molecule has 1 saturated heterocycles. The van der Waals surface area contributed by atoms with E-state index in [1.807, 2.05) is 12.1 Å². The molecule has 17 heavy (non-hydrogen) atoms. The molecule has 2 N–H and O–H groups in total. The fourth-order valence-electron chi connectivity index (χ4n) is 1.70. The maximum Gasteiger partial charge on any atom is 0.323 e. The number of morpholine rings is 1. The summed E-state index contributed by atoms with van der Waals surface area (Å²) >= 11 is 9.44. The van der Waals surface area contributed by atoms with Gasteiger partial charge in [-0.1, -0.05) is 33.6 Å². The predicted molar refractivity (Wildman–Crippen MR) is 67.3 cm³/mol. The third-order valence-electron chi connectivity index (χ3n) is 2.62. The first kappa shape index (κ1) is 12.8. The SMILES string of the molecule is O=C(O)C1COC(c2ccc(Br)cc2Cl)CN1. The van der Waals surface area contributed by atoms with Crippen LogP contribution in [0.15, 0.2) is 22.7 Å². The summed E-state index contributed by atoms with van der Waals surface area (Å²) in [6, 6.07) is 4.91. The van der Waals surface area contributed by atoms with Crippen LogP contribution in [0.2, 0.25) is 5.02 Å². The van der Waals surface area contributed by atoms with Crippen molar-refractivity contribution in [1.82, 2.24) is 5.32 Å². The first-order valence-corrected chi connectivity index (χ1v) is 6.28. The largest absolute Gasteiger partial charge is 0.480 e. The van der Waals surface area contributed by atoms with E-state index < -0.39 is 12.0 Å². The third-order valence-corrected chi connectivity index (χ3v) is 3.44. The molecular formula is C11H11BrClNO3. The van der Waals surface area contributed by atoms with Crippen LogP contribution in [0.3, 0.4) is 0 Å². The van der Waals surface area contributed by atoms with E-state index in [4.69, 9.17) is 21.4 Å². The van der Waals surface area contributed by atoms with E-state index >= 15 is 0 Å². The summed E-state index contributed by atoms with van der Waals surface area (Å²) in [5.74, 6) is -0.898. The second-order valence-corrected chi connectivity index (χ2v) is 5.11. The highest BCUT2D eigenvalue weighted by Gasteiger charge is 2.27. The van der Waals surface area contributed by atoms with Crippen LogP contribution in [0.4, 0.5) is 0 Å². The maximum absolute atomic E-state index is 10.7. The van der Waals surface area contributed by atoms with Gasteiger partial charge in [0.25, 0.3) is 0 Å². The van der Waals surface area contributed by atoms with Crippen molar-refractivity contribution in [1.29, 1.82) is 0 Å². The molecule has 1 aromatic carbocycles. The zero-order valence-corrected chi connectivity index (χ0v) is 11.2. The molecule has 1 aromatic rings. The van der Waals surface area contributed by atoms with E-state index in [2.05, 4.69) is 21.2 Å². The average Bonchev–Trinajstić information content (AvgIpc) is 2.29. The lowest BCUT2D eigenvalue weighted by Gasteiger charge is -2.28. The van der Waals surface area contributed by atoms with Gasteiger partial charge in [0.1, 0.15) is 6.04 Å². The highest BCUT2D eigenvalue weighted by molar-refractivity contribution is 9.10. The van der Waals surface area contributed by atoms with Crippen LogP contribution in [0.25, 0.3) is 0 Å². The molecule has 0 spiro atoms. The molecule has 0 saturated carbocycles. The van der Waals surface area contributed by atoms with Crippen molar-refractivity contribution in [2.45, 2.75) is 12.1 Å². The molecule has 2 rings (SSSR count). The first-order chi connectivity index (χ1) is 8.08. The molecule has 92 valence electrons. The summed E-state index contributed by atoms with van der Waals surface area (Å²) in [5, 5.41) is 12.3. The minimum atomic E-state index is -0.898. The number of aliphatic carboxylic acids is 1. The normalized spacial score (nSPS) is 24.6. The van der Waals surface area contributed by atoms with Gasteiger partial charge in [-0.15, -0.1) is 0 Å². The number of rotatable bonds is 2. The standard InChI is InChI=1S/C11H11BrClNO3/c12-6-1-2-7(8(13)3-6)10-4-14-9(5-17-10)11(15)16/h1-3,9-10,14H,4-5H2,(H,15,16). The topological polar surface area (TPSA) is 58.6 Å². The molecule has 0 aliphatic carbocycles. The summed E-state index contributed by atoms with van der Waals surface area (Å²) in [6.07, 6.45) is -0.203. The monoisotopic (exact) mass is 319 g/mol. The number of ether oxygens (including phenoxy) is 1. The van der Waals surface area contributed by atoms with Crippen molar-refractivity contribution in [2.75, 3.05) is 13.2 Å². The summed E-state index contributed by atoms with van der Waals surface area (Å²) in [7, 11) is 0. The van der Waals surface area contributed by atoms with Crippen LogP contribution in [-0.2, 0) is 9.53 Å². The van der Waals surface area contributed by atoms with Crippen molar-refractivity contribution < 1.29 is 14.6 Å². The van der Waals surface area contributed by atoms with Gasteiger partial charge in [-0.25, -0.2) is 0 Å². The molecule has 0 radical (unpaired) electrons. The number of carboxylic acids is 1. The fraction of sp³-hybridized carbons (Fsp3) is 0.364. The van der Waals surface area contributed by atoms with E-state index in [9.17, 15) is 4.79 Å². The molecular weight excluding hydrogens is 309 g/mol. The van der Waals surface area contributed by atoms with Gasteiger partial charge < -0.3 is 9.84 Å². The highest BCUT2D eigenvalue weighted by atomic mass is 79.9. The van der Waals surface area contributed by atoms with E-state index in [0.717, 1.165) is 10.0 Å². The summed E-state index contributed by atoms with van der Waals surface area (Å²) in [6.45, 7) is 0.588. The molecule has 1 aliphatic rings. The number of carboxylic acid groups (broad SMARTS) is 1. The molecule has 6 heteroatoms. The van der Waals surface area contributed by atoms with E-state index in [0.29, 0.717) is 11.6 Å². The van der Waals surface area contributed by atoms with Crippen LogP contribution in [-0.4, -0.2) is 30.3 Å². The molecule has 1 aliphatic heterocycles. The Kier molecular flexibility index (Phi) is 4.04. The van der Waals surface area contributed by atoms with Crippen LogP contribution in [0.1, 0.15) is 11.7 Å². The second kappa shape index (κ2) is 5.35. The minimum absolute atomic E-state index is 0.145. The first-order valence-electron chi connectivity index (χ1n) is 5.10. The van der Waals surface area contributed by atoms with Crippen molar-refractivity contribution in [3.05, 3.63) is 33.3 Å². The quantitative estimate of drug-likeness (QED) is 0.877. The Morgan fingerprint density at radius 2 is 2.35 bits per heavy atom. The number of hydrogen-bond donors (Lipinski definition) is 2. The van der Waals surface area contributed by atoms with E-state index in [1.54, 1.807) is 6.07 Å². The van der Waals surface area contributed by atoms with E-state index in [1.165, 1.54) is 0 Å². The lowest BCUT2D eigenvalue weighted by Crippen LogP contribution is -2.47.